The summed E-state index contributed by atoms with van der Waals surface area (Å²) in [6.45, 7) is 6.31. The van der Waals surface area contributed by atoms with Gasteiger partial charge in [0.1, 0.15) is 11.6 Å². The van der Waals surface area contributed by atoms with Crippen LogP contribution in [-0.4, -0.2) is 41.8 Å². The van der Waals surface area contributed by atoms with Gasteiger partial charge in [-0.1, -0.05) is 5.16 Å². The number of likely N-dealkylation sites (tertiary alicyclic amines) is 1. The van der Waals surface area contributed by atoms with Crippen molar-refractivity contribution in [2.75, 3.05) is 24.5 Å². The molecule has 0 aliphatic carbocycles. The van der Waals surface area contributed by atoms with Crippen LogP contribution in [0.5, 0.6) is 0 Å². The first-order valence-corrected chi connectivity index (χ1v) is 10.0. The first-order chi connectivity index (χ1) is 13.5. The second-order valence-corrected chi connectivity index (χ2v) is 7.78. The number of anilines is 1. The van der Waals surface area contributed by atoms with Crippen molar-refractivity contribution in [2.45, 2.75) is 51.6 Å². The number of nitrogens with one attached hydrogen (secondary N) is 1. The van der Waals surface area contributed by atoms with Crippen LogP contribution in [0.15, 0.2) is 28.8 Å². The predicted octanol–water partition coefficient (Wildman–Crippen LogP) is 3.95. The average Bonchev–Trinajstić information content (AvgIpc) is 3.29. The minimum absolute atomic E-state index is 0.00253. The zero-order valence-corrected chi connectivity index (χ0v) is 16.4. The van der Waals surface area contributed by atoms with Gasteiger partial charge in [0.25, 0.3) is 0 Å². The molecule has 0 spiro atoms. The van der Waals surface area contributed by atoms with Gasteiger partial charge in [-0.3, -0.25) is 0 Å². The van der Waals surface area contributed by atoms with Crippen LogP contribution in [0, 0.1) is 19.7 Å². The zero-order valence-electron chi connectivity index (χ0n) is 16.4. The summed E-state index contributed by atoms with van der Waals surface area (Å²) in [6.07, 6.45) is 3.70. The molecule has 2 aliphatic heterocycles. The highest BCUT2D eigenvalue weighted by atomic mass is 19.1. The lowest BCUT2D eigenvalue weighted by atomic mass is 10.0. The minimum Gasteiger partial charge on any atom is -0.371 e. The summed E-state index contributed by atoms with van der Waals surface area (Å²) in [6, 6.07) is 6.82. The maximum Gasteiger partial charge on any atom is 0.318 e. The fourth-order valence-corrected chi connectivity index (χ4v) is 4.47. The topological polar surface area (TPSA) is 61.6 Å². The number of rotatable bonds is 3. The molecule has 4 rings (SSSR count). The summed E-state index contributed by atoms with van der Waals surface area (Å²) in [4.78, 5) is 17.1. The number of amides is 2. The molecule has 1 aromatic carbocycles. The van der Waals surface area contributed by atoms with Crippen molar-refractivity contribution in [2.24, 2.45) is 0 Å². The van der Waals surface area contributed by atoms with Crippen LogP contribution in [0.2, 0.25) is 0 Å². The Balaban J connectivity index is 1.35. The number of hydrogen-bond acceptors (Lipinski definition) is 4. The van der Waals surface area contributed by atoms with Crippen LogP contribution in [0.25, 0.3) is 0 Å². The van der Waals surface area contributed by atoms with Crippen LogP contribution < -0.4 is 10.2 Å². The largest absolute Gasteiger partial charge is 0.371 e. The van der Waals surface area contributed by atoms with E-state index in [4.69, 9.17) is 4.52 Å². The number of halogens is 1. The van der Waals surface area contributed by atoms with Crippen molar-refractivity contribution in [1.82, 2.24) is 15.4 Å². The summed E-state index contributed by atoms with van der Waals surface area (Å²) in [7, 11) is 0. The van der Waals surface area contributed by atoms with Gasteiger partial charge in [-0.2, -0.15) is 0 Å². The summed E-state index contributed by atoms with van der Waals surface area (Å²) in [5.41, 5.74) is 2.96. The number of carbonyl (C=O) groups excluding carboxylic acids is 1. The van der Waals surface area contributed by atoms with Crippen LogP contribution in [-0.2, 0) is 0 Å². The Morgan fingerprint density at radius 1 is 1.14 bits per heavy atom. The number of benzene rings is 1. The normalized spacial score (nSPS) is 20.6. The predicted molar refractivity (Wildman–Crippen MR) is 105 cm³/mol. The smallest absolute Gasteiger partial charge is 0.318 e. The Labute approximate surface area is 164 Å². The number of piperidine rings is 1. The Morgan fingerprint density at radius 2 is 1.86 bits per heavy atom. The molecule has 28 heavy (non-hydrogen) atoms. The molecule has 0 radical (unpaired) electrons. The quantitative estimate of drug-likeness (QED) is 0.868. The number of carbonyl (C=O) groups is 1. The number of hydrogen-bond donors (Lipinski definition) is 1. The molecule has 2 aromatic rings. The molecule has 0 bridgehead atoms. The Kier molecular flexibility index (Phi) is 5.24. The molecule has 1 N–H and O–H groups in total. The lowest BCUT2D eigenvalue weighted by molar-refractivity contribution is 0.186. The molecule has 7 heteroatoms. The van der Waals surface area contributed by atoms with Gasteiger partial charge in [-0.05, 0) is 63.8 Å². The van der Waals surface area contributed by atoms with Gasteiger partial charge in [0.05, 0.1) is 11.7 Å². The third-order valence-electron chi connectivity index (χ3n) is 5.95. The van der Waals surface area contributed by atoms with Gasteiger partial charge in [-0.25, -0.2) is 9.18 Å². The van der Waals surface area contributed by atoms with Crippen molar-refractivity contribution >= 4 is 11.7 Å². The lowest BCUT2D eigenvalue weighted by Gasteiger charge is -2.35. The molecular formula is C21H27FN4O2. The number of aryl methyl sites for hydroxylation is 2. The first-order valence-electron chi connectivity index (χ1n) is 10.0. The minimum atomic E-state index is -0.218. The molecule has 0 saturated carbocycles. The fraction of sp³-hybridized carbons (Fsp3) is 0.524. The van der Waals surface area contributed by atoms with E-state index in [9.17, 15) is 9.18 Å². The van der Waals surface area contributed by atoms with Crippen molar-refractivity contribution in [1.29, 1.82) is 0 Å². The molecule has 2 amide bonds. The lowest BCUT2D eigenvalue weighted by Crippen LogP contribution is -2.49. The Hall–Kier alpha value is -2.57. The Morgan fingerprint density at radius 3 is 2.50 bits per heavy atom. The molecule has 0 unspecified atom stereocenters. The highest BCUT2D eigenvalue weighted by Gasteiger charge is 2.35. The van der Waals surface area contributed by atoms with E-state index in [0.29, 0.717) is 0 Å². The van der Waals surface area contributed by atoms with Gasteiger partial charge < -0.3 is 19.6 Å². The molecule has 2 fully saturated rings. The van der Waals surface area contributed by atoms with E-state index in [-0.39, 0.29) is 23.9 Å². The van der Waals surface area contributed by atoms with E-state index < -0.39 is 0 Å². The van der Waals surface area contributed by atoms with E-state index in [1.54, 1.807) is 0 Å². The van der Waals surface area contributed by atoms with Gasteiger partial charge in [0.15, 0.2) is 0 Å². The van der Waals surface area contributed by atoms with Crippen LogP contribution >= 0.6 is 0 Å². The van der Waals surface area contributed by atoms with Crippen molar-refractivity contribution in [3.8, 4) is 0 Å². The maximum absolute atomic E-state index is 13.1. The van der Waals surface area contributed by atoms with E-state index in [1.165, 1.54) is 12.1 Å². The molecule has 3 heterocycles. The highest BCUT2D eigenvalue weighted by Crippen LogP contribution is 2.35. The third-order valence-corrected chi connectivity index (χ3v) is 5.95. The van der Waals surface area contributed by atoms with E-state index in [1.807, 2.05) is 30.9 Å². The van der Waals surface area contributed by atoms with E-state index in [0.717, 1.165) is 68.0 Å². The van der Waals surface area contributed by atoms with E-state index in [2.05, 4.69) is 15.4 Å². The average molecular weight is 386 g/mol. The van der Waals surface area contributed by atoms with Crippen LogP contribution in [0.3, 0.4) is 0 Å². The standard InChI is InChI=1S/C21H27FN4O2/c1-14-20(15(2)28-24-14)19-4-3-11-26(19)21(27)23-17-9-12-25(13-10-17)18-7-5-16(22)6-8-18/h5-8,17,19H,3-4,9-13H2,1-2H3,(H,23,27)/t19-/m1/s1. The maximum atomic E-state index is 13.1. The summed E-state index contributed by atoms with van der Waals surface area (Å²) in [5.74, 6) is 0.583. The van der Waals surface area contributed by atoms with Crippen LogP contribution in [0.4, 0.5) is 14.9 Å². The summed E-state index contributed by atoms with van der Waals surface area (Å²) in [5, 5.41) is 7.27. The molecule has 150 valence electrons. The van der Waals surface area contributed by atoms with Crippen molar-refractivity contribution in [3.63, 3.8) is 0 Å². The molecular weight excluding hydrogens is 359 g/mol. The summed E-state index contributed by atoms with van der Waals surface area (Å²) >= 11 is 0. The van der Waals surface area contributed by atoms with Gasteiger partial charge >= 0.3 is 6.03 Å². The molecule has 1 aromatic heterocycles. The first kappa shape index (κ1) is 18.8. The van der Waals surface area contributed by atoms with Crippen LogP contribution in [0.1, 0.15) is 48.7 Å². The van der Waals surface area contributed by atoms with Gasteiger partial charge in [-0.15, -0.1) is 0 Å². The molecule has 2 saturated heterocycles. The summed E-state index contributed by atoms with van der Waals surface area (Å²) < 4.78 is 18.4. The second kappa shape index (κ2) is 7.81. The second-order valence-electron chi connectivity index (χ2n) is 7.78. The fourth-order valence-electron chi connectivity index (χ4n) is 4.47. The van der Waals surface area contributed by atoms with Crippen molar-refractivity contribution in [3.05, 3.63) is 47.1 Å². The zero-order chi connectivity index (χ0) is 19.7. The van der Waals surface area contributed by atoms with Crippen molar-refractivity contribution < 1.29 is 13.7 Å². The molecule has 6 nitrogen and oxygen atoms in total. The number of nitrogens with zero attached hydrogens (tertiary/aromatic N) is 3. The highest BCUT2D eigenvalue weighted by molar-refractivity contribution is 5.75. The number of aromatic nitrogens is 1. The Bertz CT molecular complexity index is 808. The van der Waals surface area contributed by atoms with E-state index >= 15 is 0 Å². The molecule has 1 atom stereocenters. The van der Waals surface area contributed by atoms with Gasteiger partial charge in [0.2, 0.25) is 0 Å². The third kappa shape index (κ3) is 3.70. The molecule has 2 aliphatic rings. The van der Waals surface area contributed by atoms with Gasteiger partial charge in [0, 0.05) is 36.9 Å². The monoisotopic (exact) mass is 386 g/mol. The number of urea groups is 1. The SMILES string of the molecule is Cc1noc(C)c1[C@H]1CCCN1C(=O)NC1CCN(c2ccc(F)cc2)CC1.